The number of hydrogen-bond acceptors (Lipinski definition) is 2. The molecule has 0 unspecified atom stereocenters. The summed E-state index contributed by atoms with van der Waals surface area (Å²) in [7, 11) is 0. The van der Waals surface area contributed by atoms with Gasteiger partial charge in [0.1, 0.15) is 6.04 Å². The Labute approximate surface area is 170 Å². The highest BCUT2D eigenvalue weighted by molar-refractivity contribution is 6.35. The molecule has 1 atom stereocenters. The van der Waals surface area contributed by atoms with Gasteiger partial charge in [-0.2, -0.15) is 0 Å². The summed E-state index contributed by atoms with van der Waals surface area (Å²) in [4.78, 5) is 27.1. The van der Waals surface area contributed by atoms with E-state index >= 15 is 0 Å². The molecule has 0 aliphatic carbocycles. The van der Waals surface area contributed by atoms with Gasteiger partial charge in [-0.15, -0.1) is 0 Å². The normalized spacial score (nSPS) is 11.7. The molecule has 2 aromatic carbocycles. The summed E-state index contributed by atoms with van der Waals surface area (Å²) in [5.74, 6) is -0.276. The Morgan fingerprint density at radius 1 is 1.07 bits per heavy atom. The molecule has 0 heterocycles. The van der Waals surface area contributed by atoms with Crippen LogP contribution in [-0.2, 0) is 22.6 Å². The van der Waals surface area contributed by atoms with E-state index < -0.39 is 6.04 Å². The molecule has 6 heteroatoms. The zero-order valence-corrected chi connectivity index (χ0v) is 17.1. The first-order valence-electron chi connectivity index (χ1n) is 9.01. The summed E-state index contributed by atoms with van der Waals surface area (Å²) in [6.07, 6.45) is 0.736. The molecule has 2 amide bonds. The minimum absolute atomic E-state index is 0.104. The zero-order valence-electron chi connectivity index (χ0n) is 15.5. The van der Waals surface area contributed by atoms with Crippen molar-refractivity contribution in [3.8, 4) is 0 Å². The summed E-state index contributed by atoms with van der Waals surface area (Å²) < 4.78 is 0. The quantitative estimate of drug-likeness (QED) is 0.702. The van der Waals surface area contributed by atoms with Crippen molar-refractivity contribution in [2.24, 2.45) is 0 Å². The number of amides is 2. The molecule has 0 aliphatic rings. The number of carbonyl (C=O) groups is 2. The molecule has 0 aliphatic heterocycles. The second kappa shape index (κ2) is 10.3. The maximum Gasteiger partial charge on any atom is 0.243 e. The van der Waals surface area contributed by atoms with Crippen LogP contribution in [0.5, 0.6) is 0 Å². The molecule has 0 fully saturated rings. The Morgan fingerprint density at radius 2 is 1.78 bits per heavy atom. The van der Waals surface area contributed by atoms with Gasteiger partial charge in [0, 0.05) is 36.0 Å². The number of likely N-dealkylation sites (N-methyl/N-ethyl adjacent to an activating group) is 1. The number of carbonyl (C=O) groups excluding carboxylic acids is 2. The summed E-state index contributed by atoms with van der Waals surface area (Å²) in [6.45, 7) is 4.40. The van der Waals surface area contributed by atoms with E-state index in [0.717, 1.165) is 11.1 Å². The van der Waals surface area contributed by atoms with E-state index in [1.54, 1.807) is 30.0 Å². The number of nitrogens with zero attached hydrogens (tertiary/aromatic N) is 1. The maximum atomic E-state index is 12.8. The van der Waals surface area contributed by atoms with Crippen LogP contribution in [0.15, 0.2) is 48.5 Å². The smallest absolute Gasteiger partial charge is 0.243 e. The first-order chi connectivity index (χ1) is 13.0. The Kier molecular flexibility index (Phi) is 8.14. The average Bonchev–Trinajstić information content (AvgIpc) is 2.66. The lowest BCUT2D eigenvalue weighted by Crippen LogP contribution is -2.50. The molecule has 1 N–H and O–H groups in total. The fourth-order valence-electron chi connectivity index (χ4n) is 2.88. The van der Waals surface area contributed by atoms with Crippen molar-refractivity contribution in [3.63, 3.8) is 0 Å². The van der Waals surface area contributed by atoms with Crippen LogP contribution in [0.3, 0.4) is 0 Å². The molecule has 0 bridgehead atoms. The highest BCUT2D eigenvalue weighted by Gasteiger charge is 2.29. The van der Waals surface area contributed by atoms with Gasteiger partial charge in [0.15, 0.2) is 0 Å². The number of nitrogens with one attached hydrogen (secondary N) is 1. The topological polar surface area (TPSA) is 49.4 Å². The lowest BCUT2D eigenvalue weighted by Gasteiger charge is -2.31. The molecule has 144 valence electrons. The van der Waals surface area contributed by atoms with Gasteiger partial charge in [-0.25, -0.2) is 0 Å². The van der Waals surface area contributed by atoms with Crippen molar-refractivity contribution < 1.29 is 9.59 Å². The average molecular weight is 407 g/mol. The Morgan fingerprint density at radius 3 is 2.37 bits per heavy atom. The van der Waals surface area contributed by atoms with Gasteiger partial charge in [-0.1, -0.05) is 66.5 Å². The highest BCUT2D eigenvalue weighted by Crippen LogP contribution is 2.24. The third kappa shape index (κ3) is 5.98. The van der Waals surface area contributed by atoms with Gasteiger partial charge < -0.3 is 10.2 Å². The summed E-state index contributed by atoms with van der Waals surface area (Å²) in [5, 5.41) is 3.85. The van der Waals surface area contributed by atoms with Crippen LogP contribution in [0.25, 0.3) is 0 Å². The van der Waals surface area contributed by atoms with Gasteiger partial charge in [0.25, 0.3) is 0 Å². The molecule has 0 saturated carbocycles. The van der Waals surface area contributed by atoms with Crippen LogP contribution in [0.2, 0.25) is 10.0 Å². The third-order valence-electron chi connectivity index (χ3n) is 4.28. The lowest BCUT2D eigenvalue weighted by atomic mass is 10.0. The van der Waals surface area contributed by atoms with E-state index in [-0.39, 0.29) is 18.4 Å². The van der Waals surface area contributed by atoms with Crippen LogP contribution in [-0.4, -0.2) is 29.3 Å². The Bertz CT molecular complexity index is 781. The zero-order chi connectivity index (χ0) is 19.8. The first kappa shape index (κ1) is 21.3. The predicted octanol–water partition coefficient (Wildman–Crippen LogP) is 4.48. The molecule has 2 rings (SSSR count). The molecule has 0 radical (unpaired) electrons. The number of hydrogen-bond donors (Lipinski definition) is 1. The van der Waals surface area contributed by atoms with E-state index in [1.807, 2.05) is 37.3 Å². The molecular weight excluding hydrogens is 383 g/mol. The maximum absolute atomic E-state index is 12.8. The fraction of sp³-hybridized carbons (Fsp3) is 0.333. The number of benzene rings is 2. The van der Waals surface area contributed by atoms with Gasteiger partial charge in [0.05, 0.1) is 0 Å². The molecule has 4 nitrogen and oxygen atoms in total. The van der Waals surface area contributed by atoms with E-state index in [4.69, 9.17) is 23.2 Å². The van der Waals surface area contributed by atoms with E-state index in [2.05, 4.69) is 5.32 Å². The molecule has 2 aromatic rings. The van der Waals surface area contributed by atoms with Crippen LogP contribution in [0.4, 0.5) is 0 Å². The van der Waals surface area contributed by atoms with Crippen molar-refractivity contribution in [1.82, 2.24) is 10.2 Å². The van der Waals surface area contributed by atoms with Gasteiger partial charge in [-0.05, 0) is 30.2 Å². The van der Waals surface area contributed by atoms with Crippen LogP contribution < -0.4 is 5.32 Å². The molecule has 0 aromatic heterocycles. The van der Waals surface area contributed by atoms with Crippen molar-refractivity contribution in [1.29, 1.82) is 0 Å². The van der Waals surface area contributed by atoms with E-state index in [0.29, 0.717) is 29.4 Å². The van der Waals surface area contributed by atoms with Crippen LogP contribution >= 0.6 is 23.2 Å². The lowest BCUT2D eigenvalue weighted by molar-refractivity contribution is -0.141. The molecule has 0 spiro atoms. The second-order valence-electron chi connectivity index (χ2n) is 6.21. The van der Waals surface area contributed by atoms with Crippen molar-refractivity contribution in [2.75, 3.05) is 6.54 Å². The number of rotatable bonds is 8. The Balaban J connectivity index is 2.37. The van der Waals surface area contributed by atoms with Crippen molar-refractivity contribution in [2.45, 2.75) is 39.3 Å². The van der Waals surface area contributed by atoms with Crippen LogP contribution in [0, 0.1) is 0 Å². The van der Waals surface area contributed by atoms with Gasteiger partial charge in [0.2, 0.25) is 11.8 Å². The first-order valence-corrected chi connectivity index (χ1v) is 9.76. The highest BCUT2D eigenvalue weighted by atomic mass is 35.5. The fourth-order valence-corrected chi connectivity index (χ4v) is 3.35. The van der Waals surface area contributed by atoms with E-state index in [1.165, 1.54) is 0 Å². The van der Waals surface area contributed by atoms with E-state index in [9.17, 15) is 9.59 Å². The summed E-state index contributed by atoms with van der Waals surface area (Å²) in [5.41, 5.74) is 1.75. The van der Waals surface area contributed by atoms with Gasteiger partial charge >= 0.3 is 0 Å². The van der Waals surface area contributed by atoms with Gasteiger partial charge in [-0.3, -0.25) is 9.59 Å². The second-order valence-corrected chi connectivity index (χ2v) is 7.05. The summed E-state index contributed by atoms with van der Waals surface area (Å²) >= 11 is 12.3. The summed E-state index contributed by atoms with van der Waals surface area (Å²) in [6, 6.07) is 14.2. The van der Waals surface area contributed by atoms with Crippen molar-refractivity contribution in [3.05, 3.63) is 69.7 Å². The van der Waals surface area contributed by atoms with Crippen molar-refractivity contribution >= 4 is 35.0 Å². The van der Waals surface area contributed by atoms with Crippen LogP contribution in [0.1, 0.15) is 31.4 Å². The minimum Gasteiger partial charge on any atom is -0.355 e. The standard InChI is InChI=1S/C21H24Cl2N2O2/c1-3-20(26)25(14-16-10-11-17(22)13-18(16)23)19(21(27)24-4-2)12-15-8-6-5-7-9-15/h5-11,13,19H,3-4,12,14H2,1-2H3,(H,24,27)/t19-/m0/s1. The Hall–Kier alpha value is -2.04. The SMILES string of the molecule is CCNC(=O)[C@H](Cc1ccccc1)N(Cc1ccc(Cl)cc1Cl)C(=O)CC. The molecular formula is C21H24Cl2N2O2. The minimum atomic E-state index is -0.619. The number of halogens is 2. The predicted molar refractivity (Wildman–Crippen MR) is 110 cm³/mol. The largest absolute Gasteiger partial charge is 0.355 e. The molecule has 0 saturated heterocycles. The monoisotopic (exact) mass is 406 g/mol. The third-order valence-corrected chi connectivity index (χ3v) is 4.87. The molecule has 27 heavy (non-hydrogen) atoms.